The average molecular weight is 274 g/mol. The number of rotatable bonds is 7. The number of carbonyl (C=O) groups is 1. The third-order valence-electron chi connectivity index (χ3n) is 2.76. The molecule has 0 aliphatic heterocycles. The van der Waals surface area contributed by atoms with E-state index in [-0.39, 0.29) is 5.91 Å². The van der Waals surface area contributed by atoms with Gasteiger partial charge in [-0.05, 0) is 13.3 Å². The molecule has 0 spiro atoms. The van der Waals surface area contributed by atoms with E-state index in [9.17, 15) is 4.79 Å². The molecule has 20 heavy (non-hydrogen) atoms. The molecule has 1 N–H and O–H groups in total. The fourth-order valence-corrected chi connectivity index (χ4v) is 1.73. The highest BCUT2D eigenvalue weighted by molar-refractivity contribution is 5.93. The highest BCUT2D eigenvalue weighted by atomic mass is 16.5. The van der Waals surface area contributed by atoms with E-state index in [1.165, 1.54) is 0 Å². The molecule has 0 unspecified atom stereocenters. The van der Waals surface area contributed by atoms with Gasteiger partial charge in [-0.3, -0.25) is 4.79 Å². The van der Waals surface area contributed by atoms with Crippen molar-refractivity contribution in [3.63, 3.8) is 0 Å². The summed E-state index contributed by atoms with van der Waals surface area (Å²) in [4.78, 5) is 11.8. The van der Waals surface area contributed by atoms with Gasteiger partial charge in [-0.25, -0.2) is 0 Å². The predicted octanol–water partition coefficient (Wildman–Crippen LogP) is 2.50. The number of nitrogens with one attached hydrogen (secondary N) is 1. The molecule has 0 bridgehead atoms. The maximum atomic E-state index is 11.8. The lowest BCUT2D eigenvalue weighted by atomic mass is 10.1. The smallest absolute Gasteiger partial charge is 0.273 e. The first kappa shape index (κ1) is 14.3. The Morgan fingerprint density at radius 3 is 2.90 bits per heavy atom. The van der Waals surface area contributed by atoms with Gasteiger partial charge in [0.1, 0.15) is 0 Å². The molecule has 0 atom stereocenters. The lowest BCUT2D eigenvalue weighted by Gasteiger charge is -2.02. The van der Waals surface area contributed by atoms with E-state index in [0.717, 1.165) is 12.0 Å². The van der Waals surface area contributed by atoms with Gasteiger partial charge in [0.15, 0.2) is 11.5 Å². The summed E-state index contributed by atoms with van der Waals surface area (Å²) in [6, 6.07) is 11.2. The third-order valence-corrected chi connectivity index (χ3v) is 2.76. The SMILES string of the molecule is CCOCCCNC(=O)c1cc(-c2ccccc2)on1. The molecule has 0 aliphatic carbocycles. The molecule has 0 saturated carbocycles. The Morgan fingerprint density at radius 2 is 2.15 bits per heavy atom. The predicted molar refractivity (Wildman–Crippen MR) is 75.4 cm³/mol. The molecule has 0 fully saturated rings. The van der Waals surface area contributed by atoms with Crippen LogP contribution >= 0.6 is 0 Å². The lowest BCUT2D eigenvalue weighted by Crippen LogP contribution is -2.25. The van der Waals surface area contributed by atoms with Crippen LogP contribution in [-0.2, 0) is 4.74 Å². The van der Waals surface area contributed by atoms with Crippen molar-refractivity contribution < 1.29 is 14.1 Å². The van der Waals surface area contributed by atoms with Gasteiger partial charge < -0.3 is 14.6 Å². The number of ether oxygens (including phenoxy) is 1. The minimum atomic E-state index is -0.229. The van der Waals surface area contributed by atoms with Gasteiger partial charge in [0.2, 0.25) is 0 Å². The largest absolute Gasteiger partial charge is 0.382 e. The Balaban J connectivity index is 1.87. The lowest BCUT2D eigenvalue weighted by molar-refractivity contribution is 0.0935. The molecular formula is C15H18N2O3. The van der Waals surface area contributed by atoms with Crippen LogP contribution in [0, 0.1) is 0 Å². The molecule has 0 saturated heterocycles. The van der Waals surface area contributed by atoms with E-state index in [1.807, 2.05) is 37.3 Å². The summed E-state index contributed by atoms with van der Waals surface area (Å²) in [5, 5.41) is 6.57. The van der Waals surface area contributed by atoms with E-state index in [1.54, 1.807) is 6.07 Å². The van der Waals surface area contributed by atoms with Crippen molar-refractivity contribution in [3.8, 4) is 11.3 Å². The normalized spacial score (nSPS) is 10.4. The van der Waals surface area contributed by atoms with Crippen LogP contribution in [0.15, 0.2) is 40.9 Å². The van der Waals surface area contributed by atoms with Gasteiger partial charge in [0, 0.05) is 31.4 Å². The molecule has 1 amide bonds. The molecular weight excluding hydrogens is 256 g/mol. The topological polar surface area (TPSA) is 64.4 Å². The molecule has 5 nitrogen and oxygen atoms in total. The molecule has 1 aromatic heterocycles. The van der Waals surface area contributed by atoms with Crippen LogP contribution in [0.3, 0.4) is 0 Å². The standard InChI is InChI=1S/C15H18N2O3/c1-2-19-10-6-9-16-15(18)13-11-14(20-17-13)12-7-4-3-5-8-12/h3-5,7-8,11H,2,6,9-10H2,1H3,(H,16,18). The van der Waals surface area contributed by atoms with E-state index in [4.69, 9.17) is 9.26 Å². The summed E-state index contributed by atoms with van der Waals surface area (Å²) in [6.45, 7) is 3.84. The van der Waals surface area contributed by atoms with Crippen molar-refractivity contribution in [3.05, 3.63) is 42.1 Å². The summed E-state index contributed by atoms with van der Waals surface area (Å²) < 4.78 is 10.4. The number of aromatic nitrogens is 1. The first-order valence-electron chi connectivity index (χ1n) is 6.69. The maximum Gasteiger partial charge on any atom is 0.273 e. The van der Waals surface area contributed by atoms with Crippen molar-refractivity contribution in [2.24, 2.45) is 0 Å². The summed E-state index contributed by atoms with van der Waals surface area (Å²) in [6.07, 6.45) is 0.781. The molecule has 1 heterocycles. The second kappa shape index (κ2) is 7.45. The molecule has 0 radical (unpaired) electrons. The zero-order valence-corrected chi connectivity index (χ0v) is 11.5. The molecule has 0 aliphatic rings. The summed E-state index contributed by atoms with van der Waals surface area (Å²) in [7, 11) is 0. The quantitative estimate of drug-likeness (QED) is 0.788. The highest BCUT2D eigenvalue weighted by Gasteiger charge is 2.12. The Hall–Kier alpha value is -2.14. The molecule has 106 valence electrons. The zero-order chi connectivity index (χ0) is 14.2. The molecule has 5 heteroatoms. The fourth-order valence-electron chi connectivity index (χ4n) is 1.73. The summed E-state index contributed by atoms with van der Waals surface area (Å²) in [5.41, 5.74) is 1.19. The number of benzene rings is 1. The van der Waals surface area contributed by atoms with Crippen LogP contribution in [0.5, 0.6) is 0 Å². The van der Waals surface area contributed by atoms with Gasteiger partial charge in [0.25, 0.3) is 5.91 Å². The Morgan fingerprint density at radius 1 is 1.35 bits per heavy atom. The van der Waals surface area contributed by atoms with Crippen LogP contribution in [-0.4, -0.2) is 30.8 Å². The van der Waals surface area contributed by atoms with Crippen LogP contribution < -0.4 is 5.32 Å². The maximum absolute atomic E-state index is 11.8. The Bertz CT molecular complexity index is 537. The van der Waals surface area contributed by atoms with Gasteiger partial charge in [-0.15, -0.1) is 0 Å². The van der Waals surface area contributed by atoms with E-state index >= 15 is 0 Å². The van der Waals surface area contributed by atoms with Gasteiger partial charge >= 0.3 is 0 Å². The number of hydrogen-bond donors (Lipinski definition) is 1. The molecule has 1 aromatic carbocycles. The number of carbonyl (C=O) groups excluding carboxylic acids is 1. The second-order valence-corrected chi connectivity index (χ2v) is 4.25. The Kier molecular flexibility index (Phi) is 5.32. The van der Waals surface area contributed by atoms with Gasteiger partial charge in [-0.1, -0.05) is 35.5 Å². The highest BCUT2D eigenvalue weighted by Crippen LogP contribution is 2.19. The number of amides is 1. The molecule has 2 aromatic rings. The summed E-state index contributed by atoms with van der Waals surface area (Å²) in [5.74, 6) is 0.359. The number of hydrogen-bond acceptors (Lipinski definition) is 4. The minimum Gasteiger partial charge on any atom is -0.382 e. The van der Waals surface area contributed by atoms with Gasteiger partial charge in [0.05, 0.1) is 0 Å². The van der Waals surface area contributed by atoms with Gasteiger partial charge in [-0.2, -0.15) is 0 Å². The van der Waals surface area contributed by atoms with Crippen molar-refractivity contribution in [1.29, 1.82) is 0 Å². The van der Waals surface area contributed by atoms with Crippen molar-refractivity contribution in [1.82, 2.24) is 10.5 Å². The van der Waals surface area contributed by atoms with Crippen molar-refractivity contribution in [2.45, 2.75) is 13.3 Å². The second-order valence-electron chi connectivity index (χ2n) is 4.25. The minimum absolute atomic E-state index is 0.229. The van der Waals surface area contributed by atoms with Crippen LogP contribution in [0.2, 0.25) is 0 Å². The fraction of sp³-hybridized carbons (Fsp3) is 0.333. The van der Waals surface area contributed by atoms with Crippen molar-refractivity contribution >= 4 is 5.91 Å². The first-order valence-corrected chi connectivity index (χ1v) is 6.69. The number of nitrogens with zero attached hydrogens (tertiary/aromatic N) is 1. The average Bonchev–Trinajstić information content (AvgIpc) is 2.98. The first-order chi connectivity index (χ1) is 9.81. The van der Waals surface area contributed by atoms with E-state index in [0.29, 0.717) is 31.2 Å². The van der Waals surface area contributed by atoms with E-state index in [2.05, 4.69) is 10.5 Å². The summed E-state index contributed by atoms with van der Waals surface area (Å²) >= 11 is 0. The van der Waals surface area contributed by atoms with E-state index < -0.39 is 0 Å². The van der Waals surface area contributed by atoms with Crippen LogP contribution in [0.4, 0.5) is 0 Å². The van der Waals surface area contributed by atoms with Crippen molar-refractivity contribution in [2.75, 3.05) is 19.8 Å². The molecule has 2 rings (SSSR count). The Labute approximate surface area is 117 Å². The monoisotopic (exact) mass is 274 g/mol. The van der Waals surface area contributed by atoms with Crippen LogP contribution in [0.25, 0.3) is 11.3 Å². The third kappa shape index (κ3) is 3.93. The van der Waals surface area contributed by atoms with Crippen LogP contribution in [0.1, 0.15) is 23.8 Å². The zero-order valence-electron chi connectivity index (χ0n) is 11.5.